The summed E-state index contributed by atoms with van der Waals surface area (Å²) in [4.78, 5) is 0. The molecule has 2 nitrogen and oxygen atoms in total. The van der Waals surface area contributed by atoms with Crippen LogP contribution in [0.25, 0.3) is 0 Å². The van der Waals surface area contributed by atoms with Gasteiger partial charge in [-0.25, -0.2) is 4.31 Å². The summed E-state index contributed by atoms with van der Waals surface area (Å²) in [6.07, 6.45) is 0. The van der Waals surface area contributed by atoms with Gasteiger partial charge in [0.25, 0.3) is 0 Å². The summed E-state index contributed by atoms with van der Waals surface area (Å²) in [6.45, 7) is 2.30. The van der Waals surface area contributed by atoms with E-state index in [4.69, 9.17) is 0 Å². The van der Waals surface area contributed by atoms with Gasteiger partial charge in [-0.2, -0.15) is 10.5 Å². The first kappa shape index (κ1) is 11.0. The van der Waals surface area contributed by atoms with E-state index < -0.39 is 0 Å². The van der Waals surface area contributed by atoms with Crippen molar-refractivity contribution in [3.05, 3.63) is 30.3 Å². The van der Waals surface area contributed by atoms with Crippen LogP contribution >= 0.6 is 22.6 Å². The predicted octanol–water partition coefficient (Wildman–Crippen LogP) is 2.68. The fourth-order valence-corrected chi connectivity index (χ4v) is 3.52. The Morgan fingerprint density at radius 1 is 1.20 bits per heavy atom. The lowest BCUT2D eigenvalue weighted by atomic mass is 10.3. The van der Waals surface area contributed by atoms with Crippen LogP contribution in [0, 0.1) is 0 Å². The Kier molecular flexibility index (Phi) is 4.11. The van der Waals surface area contributed by atoms with Crippen molar-refractivity contribution in [1.29, 1.82) is 0 Å². The number of nitrogens with one attached hydrogen (secondary N) is 1. The van der Waals surface area contributed by atoms with Gasteiger partial charge in [0.1, 0.15) is 0 Å². The topological polar surface area (TPSA) is 15.3 Å². The highest BCUT2D eigenvalue weighted by molar-refractivity contribution is 8.14. The number of anilines is 1. The van der Waals surface area contributed by atoms with Gasteiger partial charge in [-0.15, -0.1) is 0 Å². The maximum absolute atomic E-state index is 4.12. The minimum absolute atomic E-state index is 0.408. The molecule has 0 spiro atoms. The first-order valence-electron chi connectivity index (χ1n) is 5.05. The van der Waals surface area contributed by atoms with E-state index in [1.54, 1.807) is 12.1 Å². The molecular weight excluding hydrogens is 224 g/mol. The third-order valence-electron chi connectivity index (χ3n) is 2.33. The first-order chi connectivity index (χ1) is 7.34. The zero-order chi connectivity index (χ0) is 10.5. The molecule has 1 aliphatic rings. The Morgan fingerprint density at radius 3 is 2.53 bits per heavy atom. The molecule has 0 radical (unpaired) electrons. The molecule has 0 saturated carbocycles. The Bertz CT molecular complexity index is 317. The molecule has 1 aliphatic heterocycles. The number of hydrogen-bond donors (Lipinski definition) is 1. The van der Waals surface area contributed by atoms with Gasteiger partial charge in [-0.05, 0) is 12.1 Å². The van der Waals surface area contributed by atoms with Crippen molar-refractivity contribution in [3.63, 3.8) is 0 Å². The smallest absolute Gasteiger partial charge is 0.0452 e. The molecular formula is C11H16N2S2. The fourth-order valence-electron chi connectivity index (χ4n) is 1.39. The van der Waals surface area contributed by atoms with E-state index in [2.05, 4.69) is 27.0 Å². The number of benzene rings is 1. The quantitative estimate of drug-likeness (QED) is 0.646. The molecule has 15 heavy (non-hydrogen) atoms. The zero-order valence-corrected chi connectivity index (χ0v) is 10.3. The summed E-state index contributed by atoms with van der Waals surface area (Å²) >= 11 is 1.71. The molecule has 4 heteroatoms. The van der Waals surface area contributed by atoms with Crippen LogP contribution in [-0.2, 0) is 0 Å². The Balaban J connectivity index is 1.77. The van der Waals surface area contributed by atoms with E-state index in [9.17, 15) is 0 Å². The molecule has 1 aromatic carbocycles. The standard InChI is InChI=1S/C11H16N2S2/c1-15-9-7-13(8-10-15)14-12-11-5-3-2-4-6-11/h2-6,12H,1,7-10H2. The van der Waals surface area contributed by atoms with Gasteiger partial charge in [0.15, 0.2) is 0 Å². The molecule has 0 unspecified atom stereocenters. The minimum Gasteiger partial charge on any atom is -0.317 e. The molecule has 1 saturated heterocycles. The van der Waals surface area contributed by atoms with Gasteiger partial charge >= 0.3 is 0 Å². The normalized spacial score (nSPS) is 18.9. The van der Waals surface area contributed by atoms with Crippen LogP contribution in [-0.4, -0.2) is 34.8 Å². The van der Waals surface area contributed by atoms with Crippen LogP contribution in [0.4, 0.5) is 5.69 Å². The van der Waals surface area contributed by atoms with E-state index >= 15 is 0 Å². The molecule has 1 heterocycles. The average molecular weight is 240 g/mol. The minimum atomic E-state index is 0.408. The summed E-state index contributed by atoms with van der Waals surface area (Å²) in [5.74, 6) is 6.60. The Hall–Kier alpha value is -0.450. The number of para-hydroxylation sites is 1. The zero-order valence-electron chi connectivity index (χ0n) is 8.69. The predicted molar refractivity (Wildman–Crippen MR) is 73.7 cm³/mol. The van der Waals surface area contributed by atoms with Crippen LogP contribution in [0.15, 0.2) is 30.3 Å². The lowest BCUT2D eigenvalue weighted by Crippen LogP contribution is -2.28. The van der Waals surface area contributed by atoms with Gasteiger partial charge < -0.3 is 4.72 Å². The van der Waals surface area contributed by atoms with Crippen molar-refractivity contribution in [2.75, 3.05) is 29.3 Å². The van der Waals surface area contributed by atoms with Crippen LogP contribution in [0.2, 0.25) is 0 Å². The molecule has 0 bridgehead atoms. The van der Waals surface area contributed by atoms with Gasteiger partial charge in [0, 0.05) is 42.4 Å². The second-order valence-corrected chi connectivity index (χ2v) is 6.45. The lowest BCUT2D eigenvalue weighted by molar-refractivity contribution is 0.523. The highest BCUT2D eigenvalue weighted by atomic mass is 32.2. The summed E-state index contributed by atoms with van der Waals surface area (Å²) < 4.78 is 5.73. The van der Waals surface area contributed by atoms with Gasteiger partial charge in [0.05, 0.1) is 0 Å². The molecule has 0 amide bonds. The maximum atomic E-state index is 4.12. The van der Waals surface area contributed by atoms with E-state index in [0.29, 0.717) is 10.5 Å². The summed E-state index contributed by atoms with van der Waals surface area (Å²) in [5, 5.41) is 0. The van der Waals surface area contributed by atoms with Gasteiger partial charge in [-0.1, -0.05) is 24.1 Å². The molecule has 0 atom stereocenters. The lowest BCUT2D eigenvalue weighted by Gasteiger charge is -2.27. The van der Waals surface area contributed by atoms with E-state index in [1.807, 2.05) is 18.2 Å². The molecule has 0 aliphatic carbocycles. The first-order valence-corrected chi connectivity index (χ1v) is 7.55. The Labute approximate surface area is 98.2 Å². The summed E-state index contributed by atoms with van der Waals surface area (Å²) in [6, 6.07) is 10.3. The molecule has 1 fully saturated rings. The SMILES string of the molecule is C=S1CCN(SNc2ccccc2)CC1. The van der Waals surface area contributed by atoms with Crippen molar-refractivity contribution in [2.24, 2.45) is 0 Å². The van der Waals surface area contributed by atoms with Crippen molar-refractivity contribution in [1.82, 2.24) is 4.31 Å². The number of hydrogen-bond acceptors (Lipinski definition) is 3. The largest absolute Gasteiger partial charge is 0.317 e. The summed E-state index contributed by atoms with van der Waals surface area (Å²) in [5.41, 5.74) is 1.17. The molecule has 82 valence electrons. The molecule has 2 rings (SSSR count). The number of rotatable bonds is 3. The maximum Gasteiger partial charge on any atom is 0.0452 e. The highest BCUT2D eigenvalue weighted by Crippen LogP contribution is 2.22. The second kappa shape index (κ2) is 5.58. The fraction of sp³-hybridized carbons (Fsp3) is 0.364. The molecule has 1 N–H and O–H groups in total. The van der Waals surface area contributed by atoms with Crippen LogP contribution < -0.4 is 4.72 Å². The third-order valence-corrected chi connectivity index (χ3v) is 4.80. The monoisotopic (exact) mass is 240 g/mol. The van der Waals surface area contributed by atoms with E-state index in [0.717, 1.165) is 13.1 Å². The van der Waals surface area contributed by atoms with Crippen molar-refractivity contribution >= 4 is 34.2 Å². The van der Waals surface area contributed by atoms with E-state index in [-0.39, 0.29) is 0 Å². The van der Waals surface area contributed by atoms with E-state index in [1.165, 1.54) is 17.2 Å². The molecule has 1 aromatic rings. The summed E-state index contributed by atoms with van der Waals surface area (Å²) in [7, 11) is 0.408. The number of nitrogens with zero attached hydrogens (tertiary/aromatic N) is 1. The van der Waals surface area contributed by atoms with Crippen molar-refractivity contribution in [3.8, 4) is 0 Å². The van der Waals surface area contributed by atoms with Gasteiger partial charge in [-0.3, -0.25) is 0 Å². The van der Waals surface area contributed by atoms with Crippen LogP contribution in [0.1, 0.15) is 0 Å². The highest BCUT2D eigenvalue weighted by Gasteiger charge is 2.11. The second-order valence-electron chi connectivity index (χ2n) is 3.51. The van der Waals surface area contributed by atoms with Crippen LogP contribution in [0.5, 0.6) is 0 Å². The Morgan fingerprint density at radius 2 is 1.87 bits per heavy atom. The van der Waals surface area contributed by atoms with Crippen molar-refractivity contribution in [2.45, 2.75) is 0 Å². The van der Waals surface area contributed by atoms with Gasteiger partial charge in [0.2, 0.25) is 0 Å². The molecule has 0 aromatic heterocycles. The third kappa shape index (κ3) is 3.55. The average Bonchev–Trinajstić information content (AvgIpc) is 2.30. The van der Waals surface area contributed by atoms with Crippen LogP contribution in [0.3, 0.4) is 0 Å². The van der Waals surface area contributed by atoms with Crippen molar-refractivity contribution < 1.29 is 0 Å².